The Labute approximate surface area is 158 Å². The maximum atomic E-state index is 10.5. The first kappa shape index (κ1) is 24.2. The second-order valence-electron chi connectivity index (χ2n) is 4.76. The molecule has 28 heavy (non-hydrogen) atoms. The molecule has 0 atom stereocenters. The van der Waals surface area contributed by atoms with Crippen LogP contribution in [-0.2, 0) is 0 Å². The molecule has 0 amide bonds. The molecule has 0 spiro atoms. The van der Waals surface area contributed by atoms with Gasteiger partial charge in [-0.25, -0.2) is 19.2 Å². The highest BCUT2D eigenvalue weighted by Gasteiger charge is 2.14. The summed E-state index contributed by atoms with van der Waals surface area (Å²) in [6.45, 7) is -0.250. The first-order valence-electron chi connectivity index (χ1n) is 7.50. The zero-order chi connectivity index (χ0) is 21.7. The smallest absolute Gasteiger partial charge is 0.336 e. The van der Waals surface area contributed by atoms with Gasteiger partial charge in [0.25, 0.3) is 0 Å². The van der Waals surface area contributed by atoms with Crippen molar-refractivity contribution in [1.29, 1.82) is 0 Å². The molecule has 2 rings (SSSR count). The first-order chi connectivity index (χ1) is 13.2. The van der Waals surface area contributed by atoms with Gasteiger partial charge in [0.1, 0.15) is 0 Å². The molecule has 6 N–H and O–H groups in total. The number of carbonyl (C=O) groups is 4. The molecule has 150 valence electrons. The average Bonchev–Trinajstić information content (AvgIpc) is 2.68. The molecule has 0 aliphatic carbocycles. The number of benzene rings is 2. The van der Waals surface area contributed by atoms with E-state index in [1.807, 2.05) is 0 Å². The number of hydrogen-bond donors (Lipinski definition) is 6. The van der Waals surface area contributed by atoms with E-state index in [1.54, 1.807) is 0 Å². The Balaban J connectivity index is 0.000000439. The third-order valence-corrected chi connectivity index (χ3v) is 2.88. The fourth-order valence-electron chi connectivity index (χ4n) is 1.71. The Hall–Kier alpha value is -3.76. The van der Waals surface area contributed by atoms with E-state index in [4.69, 9.17) is 30.6 Å². The normalized spacial score (nSPS) is 9.07. The summed E-state index contributed by atoms with van der Waals surface area (Å²) in [6.07, 6.45) is 0. The van der Waals surface area contributed by atoms with E-state index in [0.717, 1.165) is 0 Å². The molecule has 10 nitrogen and oxygen atoms in total. The molecular formula is C18H18O10. The van der Waals surface area contributed by atoms with E-state index >= 15 is 0 Å². The summed E-state index contributed by atoms with van der Waals surface area (Å²) in [5.74, 6) is -4.91. The fraction of sp³-hybridized carbons (Fsp3) is 0.111. The minimum absolute atomic E-state index is 0.125. The van der Waals surface area contributed by atoms with E-state index in [9.17, 15) is 19.2 Å². The third-order valence-electron chi connectivity index (χ3n) is 2.88. The second-order valence-corrected chi connectivity index (χ2v) is 4.76. The van der Waals surface area contributed by atoms with Crippen LogP contribution >= 0.6 is 0 Å². The Morgan fingerprint density at radius 3 is 0.786 bits per heavy atom. The molecule has 0 radical (unpaired) electrons. The summed E-state index contributed by atoms with van der Waals surface area (Å²) in [4.78, 5) is 41.9. The summed E-state index contributed by atoms with van der Waals surface area (Å²) in [5, 5.41) is 49.5. The minimum Gasteiger partial charge on any atom is -0.478 e. The molecule has 0 fully saturated rings. The van der Waals surface area contributed by atoms with Crippen molar-refractivity contribution in [2.75, 3.05) is 13.2 Å². The molecule has 0 bridgehead atoms. The molecule has 0 saturated carbocycles. The van der Waals surface area contributed by atoms with Crippen molar-refractivity contribution in [3.63, 3.8) is 0 Å². The van der Waals surface area contributed by atoms with Crippen molar-refractivity contribution >= 4 is 23.9 Å². The van der Waals surface area contributed by atoms with Gasteiger partial charge < -0.3 is 30.6 Å². The lowest BCUT2D eigenvalue weighted by Crippen LogP contribution is -2.06. The van der Waals surface area contributed by atoms with E-state index in [1.165, 1.54) is 48.5 Å². The molecular weight excluding hydrogens is 376 g/mol. The summed E-state index contributed by atoms with van der Waals surface area (Å²) in [7, 11) is 0. The summed E-state index contributed by atoms with van der Waals surface area (Å²) < 4.78 is 0. The lowest BCUT2D eigenvalue weighted by Gasteiger charge is -1.98. The number of carboxylic acid groups (broad SMARTS) is 4. The molecule has 10 heteroatoms. The standard InChI is InChI=1S/2C8H6O4.C2H6O2/c2*9-7(10)5-3-1-2-4-6(5)8(11)12;3-1-2-4/h2*1-4H,(H,9,10)(H,11,12);3-4H,1-2H2. The van der Waals surface area contributed by atoms with E-state index < -0.39 is 23.9 Å². The van der Waals surface area contributed by atoms with Crippen molar-refractivity contribution in [2.45, 2.75) is 0 Å². The van der Waals surface area contributed by atoms with Gasteiger partial charge in [-0.3, -0.25) is 0 Å². The largest absolute Gasteiger partial charge is 0.478 e. The number of aliphatic hydroxyl groups is 2. The Kier molecular flexibility index (Phi) is 10.9. The van der Waals surface area contributed by atoms with Crippen LogP contribution in [0.2, 0.25) is 0 Å². The van der Waals surface area contributed by atoms with E-state index in [-0.39, 0.29) is 35.5 Å². The van der Waals surface area contributed by atoms with Crippen LogP contribution in [0.5, 0.6) is 0 Å². The quantitative estimate of drug-likeness (QED) is 0.429. The second kappa shape index (κ2) is 12.6. The predicted octanol–water partition coefficient (Wildman–Crippen LogP) is 1.14. The predicted molar refractivity (Wildman–Crippen MR) is 94.9 cm³/mol. The fourth-order valence-corrected chi connectivity index (χ4v) is 1.71. The van der Waals surface area contributed by atoms with Gasteiger partial charge in [0, 0.05) is 0 Å². The van der Waals surface area contributed by atoms with Gasteiger partial charge in [-0.05, 0) is 24.3 Å². The van der Waals surface area contributed by atoms with Crippen LogP contribution in [0.15, 0.2) is 48.5 Å². The van der Waals surface area contributed by atoms with Gasteiger partial charge in [-0.2, -0.15) is 0 Å². The minimum atomic E-state index is -1.23. The molecule has 2 aromatic carbocycles. The van der Waals surface area contributed by atoms with Gasteiger partial charge in [0.05, 0.1) is 35.5 Å². The number of rotatable bonds is 5. The average molecular weight is 394 g/mol. The SMILES string of the molecule is O=C(O)c1ccccc1C(=O)O.O=C(O)c1ccccc1C(=O)O.OCCO. The van der Waals surface area contributed by atoms with Crippen molar-refractivity contribution < 1.29 is 49.8 Å². The van der Waals surface area contributed by atoms with Crippen molar-refractivity contribution in [1.82, 2.24) is 0 Å². The van der Waals surface area contributed by atoms with E-state index in [0.29, 0.717) is 0 Å². The van der Waals surface area contributed by atoms with Crippen LogP contribution in [-0.4, -0.2) is 67.7 Å². The van der Waals surface area contributed by atoms with Crippen LogP contribution < -0.4 is 0 Å². The number of hydrogen-bond acceptors (Lipinski definition) is 6. The molecule has 0 saturated heterocycles. The molecule has 2 aromatic rings. The number of aliphatic hydroxyl groups excluding tert-OH is 2. The zero-order valence-electron chi connectivity index (χ0n) is 14.3. The van der Waals surface area contributed by atoms with Crippen molar-refractivity contribution in [3.8, 4) is 0 Å². The Morgan fingerprint density at radius 1 is 0.500 bits per heavy atom. The zero-order valence-corrected chi connectivity index (χ0v) is 14.3. The Morgan fingerprint density at radius 2 is 0.679 bits per heavy atom. The van der Waals surface area contributed by atoms with Crippen LogP contribution in [0.1, 0.15) is 41.4 Å². The maximum absolute atomic E-state index is 10.5. The van der Waals surface area contributed by atoms with Gasteiger partial charge in [0.15, 0.2) is 0 Å². The van der Waals surface area contributed by atoms with Crippen molar-refractivity contribution in [3.05, 3.63) is 70.8 Å². The van der Waals surface area contributed by atoms with Gasteiger partial charge in [-0.15, -0.1) is 0 Å². The summed E-state index contributed by atoms with van der Waals surface area (Å²) in [5.41, 5.74) is -0.759. The van der Waals surface area contributed by atoms with Gasteiger partial charge in [0.2, 0.25) is 0 Å². The Bertz CT molecular complexity index is 693. The van der Waals surface area contributed by atoms with Gasteiger partial charge >= 0.3 is 23.9 Å². The van der Waals surface area contributed by atoms with Crippen molar-refractivity contribution in [2.24, 2.45) is 0 Å². The summed E-state index contributed by atoms with van der Waals surface area (Å²) >= 11 is 0. The highest BCUT2D eigenvalue weighted by atomic mass is 16.4. The van der Waals surface area contributed by atoms with Crippen LogP contribution in [0.25, 0.3) is 0 Å². The lowest BCUT2D eigenvalue weighted by atomic mass is 10.1. The molecule has 0 heterocycles. The van der Waals surface area contributed by atoms with Crippen LogP contribution in [0.3, 0.4) is 0 Å². The van der Waals surface area contributed by atoms with Crippen LogP contribution in [0, 0.1) is 0 Å². The molecule has 0 unspecified atom stereocenters. The van der Waals surface area contributed by atoms with Crippen LogP contribution in [0.4, 0.5) is 0 Å². The molecule has 0 aliphatic rings. The topological polar surface area (TPSA) is 190 Å². The van der Waals surface area contributed by atoms with E-state index in [2.05, 4.69) is 0 Å². The summed E-state index contributed by atoms with van der Waals surface area (Å²) in [6, 6.07) is 11.0. The third kappa shape index (κ3) is 8.08. The highest BCUT2D eigenvalue weighted by Crippen LogP contribution is 2.08. The molecule has 0 aliphatic heterocycles. The molecule has 0 aromatic heterocycles. The first-order valence-corrected chi connectivity index (χ1v) is 7.50. The van der Waals surface area contributed by atoms with Gasteiger partial charge in [-0.1, -0.05) is 24.3 Å². The monoisotopic (exact) mass is 394 g/mol. The highest BCUT2D eigenvalue weighted by molar-refractivity contribution is 6.02. The lowest BCUT2D eigenvalue weighted by molar-refractivity contribution is 0.0651. The number of carboxylic acids is 4. The maximum Gasteiger partial charge on any atom is 0.336 e. The number of aromatic carboxylic acids is 4.